The largest absolute Gasteiger partial charge is 0.322 e. The van der Waals surface area contributed by atoms with E-state index in [4.69, 9.17) is 0 Å². The Morgan fingerprint density at radius 1 is 0.688 bits per heavy atom. The molecule has 1 N–H and O–H groups in total. The van der Waals surface area contributed by atoms with Crippen LogP contribution in [0.2, 0.25) is 0 Å². The van der Waals surface area contributed by atoms with Gasteiger partial charge in [-0.05, 0) is 62.1 Å². The maximum absolute atomic E-state index is 12.9. The van der Waals surface area contributed by atoms with Crippen molar-refractivity contribution in [1.82, 2.24) is 8.61 Å². The van der Waals surface area contributed by atoms with Gasteiger partial charge in [-0.25, -0.2) is 16.8 Å². The van der Waals surface area contributed by atoms with Crippen molar-refractivity contribution < 1.29 is 21.6 Å². The highest BCUT2D eigenvalue weighted by Gasteiger charge is 2.28. The normalized spacial score (nSPS) is 18.5. The number of anilines is 1. The Balaban J connectivity index is 1.53. The highest BCUT2D eigenvalue weighted by molar-refractivity contribution is 7.89. The molecule has 0 unspecified atom stereocenters. The van der Waals surface area contributed by atoms with E-state index >= 15 is 0 Å². The Hall–Kier alpha value is -2.27. The highest BCUT2D eigenvalue weighted by atomic mass is 32.2. The summed E-state index contributed by atoms with van der Waals surface area (Å²) in [5.74, 6) is -0.504. The van der Waals surface area contributed by atoms with Crippen LogP contribution in [-0.2, 0) is 20.0 Å². The lowest BCUT2D eigenvalue weighted by molar-refractivity contribution is 0.102. The number of hydrogen-bond donors (Lipinski definition) is 1. The molecule has 0 aliphatic carbocycles. The predicted molar refractivity (Wildman–Crippen MR) is 121 cm³/mol. The summed E-state index contributed by atoms with van der Waals surface area (Å²) in [5, 5.41) is 2.69. The van der Waals surface area contributed by atoms with Gasteiger partial charge in [0.2, 0.25) is 20.0 Å². The van der Waals surface area contributed by atoms with Gasteiger partial charge in [-0.15, -0.1) is 0 Å². The number of hydrogen-bond acceptors (Lipinski definition) is 5. The summed E-state index contributed by atoms with van der Waals surface area (Å²) in [6.45, 7) is 1.96. The molecule has 32 heavy (non-hydrogen) atoms. The summed E-state index contributed by atoms with van der Waals surface area (Å²) in [5.41, 5.74) is 0.524. The quantitative estimate of drug-likeness (QED) is 0.689. The first-order valence-electron chi connectivity index (χ1n) is 10.8. The molecular weight excluding hydrogens is 450 g/mol. The lowest BCUT2D eigenvalue weighted by atomic mass is 10.2. The average molecular weight is 478 g/mol. The van der Waals surface area contributed by atoms with E-state index in [0.717, 1.165) is 32.1 Å². The van der Waals surface area contributed by atoms with Crippen molar-refractivity contribution in [3.8, 4) is 0 Å². The van der Waals surface area contributed by atoms with Crippen molar-refractivity contribution in [2.75, 3.05) is 31.5 Å². The lowest BCUT2D eigenvalue weighted by Crippen LogP contribution is -2.35. The minimum absolute atomic E-state index is 0.0773. The van der Waals surface area contributed by atoms with Crippen LogP contribution in [0.15, 0.2) is 58.3 Å². The van der Waals surface area contributed by atoms with Gasteiger partial charge in [-0.1, -0.05) is 18.6 Å². The van der Waals surface area contributed by atoms with Crippen molar-refractivity contribution in [3.05, 3.63) is 54.1 Å². The van der Waals surface area contributed by atoms with Gasteiger partial charge < -0.3 is 5.32 Å². The molecule has 2 aliphatic heterocycles. The van der Waals surface area contributed by atoms with Gasteiger partial charge in [0.25, 0.3) is 5.91 Å². The third-order valence-electron chi connectivity index (χ3n) is 5.84. The summed E-state index contributed by atoms with van der Waals surface area (Å²) in [6, 6.07) is 12.1. The third-order valence-corrected chi connectivity index (χ3v) is 9.63. The Morgan fingerprint density at radius 2 is 1.19 bits per heavy atom. The smallest absolute Gasteiger partial charge is 0.255 e. The summed E-state index contributed by atoms with van der Waals surface area (Å²) in [7, 11) is -7.26. The molecule has 2 aromatic rings. The van der Waals surface area contributed by atoms with E-state index in [0.29, 0.717) is 31.9 Å². The first kappa shape index (κ1) is 22.9. The topological polar surface area (TPSA) is 104 Å². The van der Waals surface area contributed by atoms with Gasteiger partial charge in [-0.2, -0.15) is 8.61 Å². The van der Waals surface area contributed by atoms with Crippen LogP contribution in [-0.4, -0.2) is 57.5 Å². The van der Waals surface area contributed by atoms with Gasteiger partial charge >= 0.3 is 0 Å². The molecule has 10 heteroatoms. The molecule has 2 saturated heterocycles. The average Bonchev–Trinajstić information content (AvgIpc) is 3.36. The second-order valence-corrected chi connectivity index (χ2v) is 12.0. The number of rotatable bonds is 6. The van der Waals surface area contributed by atoms with Gasteiger partial charge in [-0.3, -0.25) is 4.79 Å². The fraction of sp³-hybridized carbons (Fsp3) is 0.409. The van der Waals surface area contributed by atoms with Crippen molar-refractivity contribution in [2.24, 2.45) is 0 Å². The molecule has 1 amide bonds. The number of nitrogens with zero attached hydrogens (tertiary/aromatic N) is 2. The zero-order chi connectivity index (χ0) is 22.8. The van der Waals surface area contributed by atoms with Crippen molar-refractivity contribution in [2.45, 2.75) is 41.9 Å². The van der Waals surface area contributed by atoms with E-state index in [-0.39, 0.29) is 15.4 Å². The van der Waals surface area contributed by atoms with Crippen molar-refractivity contribution in [1.29, 1.82) is 0 Å². The molecule has 4 rings (SSSR count). The van der Waals surface area contributed by atoms with Crippen LogP contribution in [0.5, 0.6) is 0 Å². The molecule has 2 fully saturated rings. The fourth-order valence-electron chi connectivity index (χ4n) is 4.07. The third kappa shape index (κ3) is 4.73. The molecule has 0 bridgehead atoms. The van der Waals surface area contributed by atoms with E-state index in [2.05, 4.69) is 5.32 Å². The fourth-order valence-corrected chi connectivity index (χ4v) is 7.19. The Bertz CT molecular complexity index is 1200. The monoisotopic (exact) mass is 477 g/mol. The van der Waals surface area contributed by atoms with E-state index in [9.17, 15) is 21.6 Å². The molecule has 0 aromatic heterocycles. The number of amides is 1. The standard InChI is InChI=1S/C22H27N3O5S2/c26-22(18-8-6-10-20(16-18)31(27,28)25-14-4-5-15-25)23-19-9-7-11-21(17-19)32(29,30)24-12-2-1-3-13-24/h6-11,16-17H,1-5,12-15H2,(H,23,26). The predicted octanol–water partition coefficient (Wildman–Crippen LogP) is 2.90. The summed E-state index contributed by atoms with van der Waals surface area (Å²) >= 11 is 0. The van der Waals surface area contributed by atoms with Crippen LogP contribution >= 0.6 is 0 Å². The van der Waals surface area contributed by atoms with Crippen LogP contribution < -0.4 is 5.32 Å². The molecule has 2 aromatic carbocycles. The SMILES string of the molecule is O=C(Nc1cccc(S(=O)(=O)N2CCCCC2)c1)c1cccc(S(=O)(=O)N2CCCC2)c1. The number of carbonyl (C=O) groups is 1. The van der Waals surface area contributed by atoms with Crippen LogP contribution in [0.25, 0.3) is 0 Å². The van der Waals surface area contributed by atoms with Crippen LogP contribution in [0.1, 0.15) is 42.5 Å². The molecule has 2 heterocycles. The van der Waals surface area contributed by atoms with Crippen molar-refractivity contribution >= 4 is 31.6 Å². The summed E-state index contributed by atoms with van der Waals surface area (Å²) < 4.78 is 54.3. The molecule has 0 atom stereocenters. The second kappa shape index (κ2) is 9.30. The van der Waals surface area contributed by atoms with E-state index in [1.165, 1.54) is 45.0 Å². The summed E-state index contributed by atoms with van der Waals surface area (Å²) in [6.07, 6.45) is 4.36. The maximum Gasteiger partial charge on any atom is 0.255 e. The van der Waals surface area contributed by atoms with E-state index in [1.54, 1.807) is 12.1 Å². The van der Waals surface area contributed by atoms with Gasteiger partial charge in [0.15, 0.2) is 0 Å². The zero-order valence-electron chi connectivity index (χ0n) is 17.7. The molecule has 0 radical (unpaired) electrons. The first-order valence-corrected chi connectivity index (χ1v) is 13.7. The number of nitrogens with one attached hydrogen (secondary N) is 1. The Kier molecular flexibility index (Phi) is 6.66. The molecule has 0 spiro atoms. The van der Waals surface area contributed by atoms with Crippen LogP contribution in [0.4, 0.5) is 5.69 Å². The van der Waals surface area contributed by atoms with Crippen LogP contribution in [0, 0.1) is 0 Å². The lowest BCUT2D eigenvalue weighted by Gasteiger charge is -2.26. The van der Waals surface area contributed by atoms with Gasteiger partial charge in [0.1, 0.15) is 0 Å². The zero-order valence-corrected chi connectivity index (χ0v) is 19.4. The minimum Gasteiger partial charge on any atom is -0.322 e. The van der Waals surface area contributed by atoms with E-state index < -0.39 is 26.0 Å². The number of benzene rings is 2. The van der Waals surface area contributed by atoms with Gasteiger partial charge in [0, 0.05) is 37.4 Å². The molecule has 2 aliphatic rings. The molecule has 8 nitrogen and oxygen atoms in total. The maximum atomic E-state index is 12.9. The number of carbonyl (C=O) groups excluding carboxylic acids is 1. The minimum atomic E-state index is -3.64. The molecular formula is C22H27N3O5S2. The Labute approximate surface area is 189 Å². The summed E-state index contributed by atoms with van der Waals surface area (Å²) in [4.78, 5) is 13.0. The second-order valence-electron chi connectivity index (χ2n) is 8.09. The van der Waals surface area contributed by atoms with Crippen molar-refractivity contribution in [3.63, 3.8) is 0 Å². The van der Waals surface area contributed by atoms with E-state index in [1.807, 2.05) is 0 Å². The number of sulfonamides is 2. The Morgan fingerprint density at radius 3 is 1.78 bits per heavy atom. The van der Waals surface area contributed by atoms with Crippen LogP contribution in [0.3, 0.4) is 0 Å². The molecule has 0 saturated carbocycles. The first-order chi connectivity index (χ1) is 15.3. The van der Waals surface area contributed by atoms with Gasteiger partial charge in [0.05, 0.1) is 9.79 Å². The molecule has 172 valence electrons. The highest BCUT2D eigenvalue weighted by Crippen LogP contribution is 2.24. The number of piperidine rings is 1.